The number of rotatable bonds is 2. The van der Waals surface area contributed by atoms with Crippen LogP contribution < -0.4 is 0 Å². The van der Waals surface area contributed by atoms with Crippen molar-refractivity contribution < 1.29 is 0 Å². The van der Waals surface area contributed by atoms with Crippen molar-refractivity contribution in [3.05, 3.63) is 59.9 Å². The predicted molar refractivity (Wildman–Crippen MR) is 75.5 cm³/mol. The number of aryl methyl sites for hydroxylation is 2. The molecule has 0 aliphatic rings. The molecule has 2 N–H and O–H groups in total. The molecule has 0 aliphatic heterocycles. The molecule has 0 bridgehead atoms. The molecule has 0 amide bonds. The standard InChI is InChI=1S/C16H16N2/c1-11-9-14(16-6-4-8-18-16)12(2)10-13(11)15-5-3-7-17-15/h3-10,17-18H,1-2H3. The molecular weight excluding hydrogens is 220 g/mol. The highest BCUT2D eigenvalue weighted by molar-refractivity contribution is 5.73. The third-order valence-electron chi connectivity index (χ3n) is 3.35. The first kappa shape index (κ1) is 10.9. The van der Waals surface area contributed by atoms with Gasteiger partial charge in [-0.25, -0.2) is 0 Å². The highest BCUT2D eigenvalue weighted by atomic mass is 14.7. The zero-order chi connectivity index (χ0) is 12.5. The van der Waals surface area contributed by atoms with Gasteiger partial charge in [-0.2, -0.15) is 0 Å². The van der Waals surface area contributed by atoms with E-state index in [9.17, 15) is 0 Å². The summed E-state index contributed by atoms with van der Waals surface area (Å²) in [5, 5.41) is 0. The van der Waals surface area contributed by atoms with Crippen molar-refractivity contribution in [2.45, 2.75) is 13.8 Å². The molecule has 3 rings (SSSR count). The van der Waals surface area contributed by atoms with Gasteiger partial charge in [0.15, 0.2) is 0 Å². The van der Waals surface area contributed by atoms with Crippen LogP contribution in [-0.2, 0) is 0 Å². The molecule has 90 valence electrons. The maximum atomic E-state index is 3.27. The minimum absolute atomic E-state index is 1.17. The molecule has 0 fully saturated rings. The molecule has 0 saturated heterocycles. The maximum absolute atomic E-state index is 3.27. The third-order valence-corrected chi connectivity index (χ3v) is 3.35. The van der Waals surface area contributed by atoms with Gasteiger partial charge < -0.3 is 9.97 Å². The minimum Gasteiger partial charge on any atom is -0.361 e. The lowest BCUT2D eigenvalue weighted by atomic mass is 9.96. The molecule has 1 aromatic carbocycles. The lowest BCUT2D eigenvalue weighted by Crippen LogP contribution is -1.90. The number of benzene rings is 1. The Kier molecular flexibility index (Phi) is 2.56. The second-order valence-electron chi connectivity index (χ2n) is 4.65. The summed E-state index contributed by atoms with van der Waals surface area (Å²) in [4.78, 5) is 6.54. The summed E-state index contributed by atoms with van der Waals surface area (Å²) < 4.78 is 0. The van der Waals surface area contributed by atoms with Gasteiger partial charge in [-0.05, 0) is 61.4 Å². The fourth-order valence-electron chi connectivity index (χ4n) is 2.39. The first-order valence-electron chi connectivity index (χ1n) is 6.14. The SMILES string of the molecule is Cc1cc(-c2ccc[nH]2)c(C)cc1-c1ccc[nH]1. The molecule has 0 spiro atoms. The van der Waals surface area contributed by atoms with Crippen LogP contribution in [0, 0.1) is 13.8 Å². The predicted octanol–water partition coefficient (Wildman–Crippen LogP) is 4.29. The number of hydrogen-bond acceptors (Lipinski definition) is 0. The lowest BCUT2D eigenvalue weighted by molar-refractivity contribution is 1.32. The minimum atomic E-state index is 1.17. The topological polar surface area (TPSA) is 31.6 Å². The summed E-state index contributed by atoms with van der Waals surface area (Å²) in [6.07, 6.45) is 3.92. The molecule has 2 heterocycles. The number of H-pyrrole nitrogens is 2. The molecule has 0 aliphatic carbocycles. The van der Waals surface area contributed by atoms with E-state index < -0.39 is 0 Å². The summed E-state index contributed by atoms with van der Waals surface area (Å²) in [5.41, 5.74) is 7.46. The van der Waals surface area contributed by atoms with Gasteiger partial charge in [0.05, 0.1) is 0 Å². The van der Waals surface area contributed by atoms with Gasteiger partial charge in [0.25, 0.3) is 0 Å². The number of hydrogen-bond donors (Lipinski definition) is 2. The van der Waals surface area contributed by atoms with Crippen molar-refractivity contribution in [2.75, 3.05) is 0 Å². The fourth-order valence-corrected chi connectivity index (χ4v) is 2.39. The molecule has 0 radical (unpaired) electrons. The average molecular weight is 236 g/mol. The summed E-state index contributed by atoms with van der Waals surface area (Å²) in [6, 6.07) is 12.8. The van der Waals surface area contributed by atoms with E-state index >= 15 is 0 Å². The van der Waals surface area contributed by atoms with Crippen molar-refractivity contribution in [1.29, 1.82) is 0 Å². The Balaban J connectivity index is 2.15. The molecule has 2 nitrogen and oxygen atoms in total. The van der Waals surface area contributed by atoms with Crippen LogP contribution in [0.1, 0.15) is 11.1 Å². The molecule has 0 unspecified atom stereocenters. The van der Waals surface area contributed by atoms with Gasteiger partial charge in [0.1, 0.15) is 0 Å². The van der Waals surface area contributed by atoms with Crippen LogP contribution in [0.3, 0.4) is 0 Å². The molecule has 18 heavy (non-hydrogen) atoms. The molecule has 2 heteroatoms. The van der Waals surface area contributed by atoms with Gasteiger partial charge in [-0.3, -0.25) is 0 Å². The van der Waals surface area contributed by atoms with Crippen molar-refractivity contribution >= 4 is 0 Å². The van der Waals surface area contributed by atoms with Crippen LogP contribution in [0.2, 0.25) is 0 Å². The number of nitrogens with one attached hydrogen (secondary N) is 2. The van der Waals surface area contributed by atoms with Crippen molar-refractivity contribution in [1.82, 2.24) is 9.97 Å². The van der Waals surface area contributed by atoms with Crippen molar-refractivity contribution in [3.8, 4) is 22.5 Å². The van der Waals surface area contributed by atoms with E-state index in [2.05, 4.69) is 48.1 Å². The van der Waals surface area contributed by atoms with Crippen LogP contribution in [0.25, 0.3) is 22.5 Å². The zero-order valence-electron chi connectivity index (χ0n) is 10.6. The van der Waals surface area contributed by atoms with E-state index in [0.717, 1.165) is 0 Å². The third kappa shape index (κ3) is 1.76. The summed E-state index contributed by atoms with van der Waals surface area (Å²) in [5.74, 6) is 0. The van der Waals surface area contributed by atoms with Crippen LogP contribution >= 0.6 is 0 Å². The highest BCUT2D eigenvalue weighted by Gasteiger charge is 2.08. The Hall–Kier alpha value is -2.22. The molecule has 3 aromatic rings. The Labute approximate surface area is 107 Å². The van der Waals surface area contributed by atoms with Crippen LogP contribution in [-0.4, -0.2) is 9.97 Å². The molecule has 0 atom stereocenters. The smallest absolute Gasteiger partial charge is 0.0456 e. The van der Waals surface area contributed by atoms with Crippen LogP contribution in [0.5, 0.6) is 0 Å². The average Bonchev–Trinajstić information content (AvgIpc) is 3.02. The highest BCUT2D eigenvalue weighted by Crippen LogP contribution is 2.30. The summed E-state index contributed by atoms with van der Waals surface area (Å²) >= 11 is 0. The molecular formula is C16H16N2. The normalized spacial score (nSPS) is 10.8. The van der Waals surface area contributed by atoms with Crippen LogP contribution in [0.15, 0.2) is 48.8 Å². The first-order valence-corrected chi connectivity index (χ1v) is 6.14. The van der Waals surface area contributed by atoms with Crippen molar-refractivity contribution in [3.63, 3.8) is 0 Å². The summed E-state index contributed by atoms with van der Waals surface area (Å²) in [6.45, 7) is 4.31. The van der Waals surface area contributed by atoms with E-state index in [1.807, 2.05) is 24.5 Å². The first-order chi connectivity index (χ1) is 8.75. The van der Waals surface area contributed by atoms with E-state index in [-0.39, 0.29) is 0 Å². The van der Waals surface area contributed by atoms with E-state index in [0.29, 0.717) is 0 Å². The zero-order valence-corrected chi connectivity index (χ0v) is 10.6. The van der Waals surface area contributed by atoms with E-state index in [4.69, 9.17) is 0 Å². The van der Waals surface area contributed by atoms with Gasteiger partial charge >= 0.3 is 0 Å². The second kappa shape index (κ2) is 4.22. The maximum Gasteiger partial charge on any atom is 0.0456 e. The fraction of sp³-hybridized carbons (Fsp3) is 0.125. The Morgan fingerprint density at radius 2 is 1.17 bits per heavy atom. The Morgan fingerprint density at radius 1 is 0.722 bits per heavy atom. The molecule has 0 saturated carbocycles. The van der Waals surface area contributed by atoms with E-state index in [1.165, 1.54) is 33.6 Å². The van der Waals surface area contributed by atoms with Crippen molar-refractivity contribution in [2.24, 2.45) is 0 Å². The molecule has 2 aromatic heterocycles. The Morgan fingerprint density at radius 3 is 1.50 bits per heavy atom. The Bertz CT molecular complexity index is 587. The monoisotopic (exact) mass is 236 g/mol. The van der Waals surface area contributed by atoms with Gasteiger partial charge in [0.2, 0.25) is 0 Å². The van der Waals surface area contributed by atoms with Gasteiger partial charge in [-0.15, -0.1) is 0 Å². The quantitative estimate of drug-likeness (QED) is 0.665. The lowest BCUT2D eigenvalue weighted by Gasteiger charge is -2.10. The second-order valence-corrected chi connectivity index (χ2v) is 4.65. The van der Waals surface area contributed by atoms with E-state index in [1.54, 1.807) is 0 Å². The number of aromatic nitrogens is 2. The van der Waals surface area contributed by atoms with Gasteiger partial charge in [0, 0.05) is 34.9 Å². The van der Waals surface area contributed by atoms with Gasteiger partial charge in [-0.1, -0.05) is 0 Å². The number of aromatic amines is 2. The van der Waals surface area contributed by atoms with Crippen LogP contribution in [0.4, 0.5) is 0 Å². The largest absolute Gasteiger partial charge is 0.361 e. The summed E-state index contributed by atoms with van der Waals surface area (Å²) in [7, 11) is 0.